The van der Waals surface area contributed by atoms with Gasteiger partial charge in [0, 0.05) is 36.8 Å². The van der Waals surface area contributed by atoms with Crippen LogP contribution in [-0.4, -0.2) is 54.9 Å². The van der Waals surface area contributed by atoms with Crippen LogP contribution in [0.15, 0.2) is 72.8 Å². The zero-order valence-electron chi connectivity index (χ0n) is 21.3. The average Bonchev–Trinajstić information content (AvgIpc) is 2.95. The van der Waals surface area contributed by atoms with Gasteiger partial charge in [0.05, 0.1) is 5.69 Å². The largest absolute Gasteiger partial charge is 0.352 e. The predicted octanol–water partition coefficient (Wildman–Crippen LogP) is 2.58. The minimum absolute atomic E-state index is 0.278. The normalized spacial score (nSPS) is 10.2. The molecular weight excluding hydrogens is 500 g/mol. The molecule has 200 valence electrons. The number of benzene rings is 3. The highest BCUT2D eigenvalue weighted by Crippen LogP contribution is 2.14. The predicted molar refractivity (Wildman–Crippen MR) is 145 cm³/mol. The lowest BCUT2D eigenvalue weighted by molar-refractivity contribution is -0.136. The molecule has 0 aliphatic heterocycles. The first-order chi connectivity index (χ1) is 18.8. The summed E-state index contributed by atoms with van der Waals surface area (Å²) in [4.78, 5) is 71.0. The van der Waals surface area contributed by atoms with Crippen LogP contribution >= 0.6 is 0 Å². The smallest absolute Gasteiger partial charge is 0.255 e. The van der Waals surface area contributed by atoms with Crippen molar-refractivity contribution >= 4 is 48.3 Å². The first-order valence-electron chi connectivity index (χ1n) is 12.1. The number of hydrogen-bond donors (Lipinski definition) is 2. The molecule has 0 aromatic heterocycles. The quantitative estimate of drug-likeness (QED) is 0.328. The molecule has 0 radical (unpaired) electrons. The van der Waals surface area contributed by atoms with Gasteiger partial charge >= 0.3 is 0 Å². The van der Waals surface area contributed by atoms with E-state index in [4.69, 9.17) is 0 Å². The first-order valence-corrected chi connectivity index (χ1v) is 12.1. The number of carbonyl (C=O) groups is 6. The maximum atomic E-state index is 12.6. The Hall–Kier alpha value is -5.12. The van der Waals surface area contributed by atoms with Gasteiger partial charge in [-0.2, -0.15) is 0 Å². The summed E-state index contributed by atoms with van der Waals surface area (Å²) in [5.41, 5.74) is 3.68. The molecule has 3 aromatic rings. The van der Waals surface area contributed by atoms with Crippen LogP contribution in [-0.2, 0) is 32.0 Å². The van der Waals surface area contributed by atoms with Crippen LogP contribution in [0.2, 0.25) is 0 Å². The number of rotatable bonds is 13. The van der Waals surface area contributed by atoms with Gasteiger partial charge in [-0.25, -0.2) is 0 Å². The van der Waals surface area contributed by atoms with Gasteiger partial charge in [0.1, 0.15) is 0 Å². The van der Waals surface area contributed by atoms with Gasteiger partial charge < -0.3 is 10.6 Å². The second-order valence-corrected chi connectivity index (χ2v) is 8.59. The Balaban J connectivity index is 1.47. The number of amides is 6. The molecule has 10 heteroatoms. The molecule has 0 aliphatic rings. The third-order valence-electron chi connectivity index (χ3n) is 5.96. The summed E-state index contributed by atoms with van der Waals surface area (Å²) in [6.45, 7) is 1.99. The van der Waals surface area contributed by atoms with Crippen molar-refractivity contribution < 1.29 is 28.8 Å². The summed E-state index contributed by atoms with van der Waals surface area (Å²) >= 11 is 0. The zero-order valence-corrected chi connectivity index (χ0v) is 21.3. The van der Waals surface area contributed by atoms with Crippen LogP contribution in [0.3, 0.4) is 0 Å². The fourth-order valence-electron chi connectivity index (χ4n) is 3.67. The molecule has 2 N–H and O–H groups in total. The van der Waals surface area contributed by atoms with E-state index >= 15 is 0 Å². The van der Waals surface area contributed by atoms with Gasteiger partial charge in [-0.3, -0.25) is 38.6 Å². The van der Waals surface area contributed by atoms with Crippen molar-refractivity contribution in [2.45, 2.75) is 19.8 Å². The summed E-state index contributed by atoms with van der Waals surface area (Å²) in [7, 11) is 0. The van der Waals surface area contributed by atoms with E-state index in [1.165, 1.54) is 6.92 Å². The van der Waals surface area contributed by atoms with E-state index in [-0.39, 0.29) is 24.3 Å². The molecule has 39 heavy (non-hydrogen) atoms. The molecule has 0 unspecified atom stereocenters. The van der Waals surface area contributed by atoms with Crippen LogP contribution in [0.5, 0.6) is 0 Å². The molecule has 3 aromatic carbocycles. The zero-order chi connectivity index (χ0) is 28.2. The minimum Gasteiger partial charge on any atom is -0.352 e. The molecule has 0 bridgehead atoms. The maximum absolute atomic E-state index is 12.6. The summed E-state index contributed by atoms with van der Waals surface area (Å²) < 4.78 is 0. The van der Waals surface area contributed by atoms with E-state index < -0.39 is 0 Å². The van der Waals surface area contributed by atoms with E-state index in [0.29, 0.717) is 61.1 Å². The van der Waals surface area contributed by atoms with Crippen molar-refractivity contribution in [3.63, 3.8) is 0 Å². The molecular formula is C29H28N4O6. The summed E-state index contributed by atoms with van der Waals surface area (Å²) in [6.07, 6.45) is 2.43. The lowest BCUT2D eigenvalue weighted by Gasteiger charge is -2.13. The van der Waals surface area contributed by atoms with Crippen molar-refractivity contribution in [2.24, 2.45) is 0 Å². The highest BCUT2D eigenvalue weighted by atomic mass is 16.2. The Morgan fingerprint density at radius 1 is 0.692 bits per heavy atom. The van der Waals surface area contributed by atoms with Gasteiger partial charge in [0.25, 0.3) is 11.8 Å². The molecule has 0 heterocycles. The third kappa shape index (κ3) is 8.19. The lowest BCUT2D eigenvalue weighted by Crippen LogP contribution is -2.29. The van der Waals surface area contributed by atoms with Crippen molar-refractivity contribution in [3.8, 4) is 0 Å². The average molecular weight is 529 g/mol. The Labute approximate surface area is 225 Å². The Morgan fingerprint density at radius 2 is 1.23 bits per heavy atom. The maximum Gasteiger partial charge on any atom is 0.255 e. The molecule has 3 rings (SSSR count). The van der Waals surface area contributed by atoms with Crippen molar-refractivity contribution in [1.29, 1.82) is 0 Å². The van der Waals surface area contributed by atoms with E-state index in [2.05, 4.69) is 10.6 Å². The van der Waals surface area contributed by atoms with E-state index in [1.807, 2.05) is 12.1 Å². The number of carbonyl (C=O) groups excluding carboxylic acids is 6. The molecule has 10 nitrogen and oxygen atoms in total. The second-order valence-electron chi connectivity index (χ2n) is 8.59. The van der Waals surface area contributed by atoms with E-state index in [0.717, 1.165) is 20.9 Å². The van der Waals surface area contributed by atoms with Crippen LogP contribution in [0.4, 0.5) is 11.4 Å². The van der Waals surface area contributed by atoms with Gasteiger partial charge in [-0.05, 0) is 72.5 Å². The molecule has 0 spiro atoms. The Morgan fingerprint density at radius 3 is 1.77 bits per heavy atom. The first kappa shape index (κ1) is 28.5. The number of nitrogens with zero attached hydrogens (tertiary/aromatic N) is 2. The fourth-order valence-corrected chi connectivity index (χ4v) is 3.67. The molecule has 0 saturated heterocycles. The topological polar surface area (TPSA) is 133 Å². The minimum atomic E-state index is -0.329. The van der Waals surface area contributed by atoms with Gasteiger partial charge in [0.15, 0.2) is 0 Å². The molecule has 0 saturated carbocycles. The Bertz CT molecular complexity index is 1310. The third-order valence-corrected chi connectivity index (χ3v) is 5.96. The monoisotopic (exact) mass is 528 g/mol. The van der Waals surface area contributed by atoms with Crippen molar-refractivity contribution in [2.75, 3.05) is 23.3 Å². The standard InChI is InChI=1S/C29H28N4O6/c1-21(37)32(18-34)17-15-23-2-10-26(11-3-23)31-29(39)25-8-6-24(7-9-25)28(38)30-16-14-22-4-12-27(13-5-22)33(19-35)20-36/h2-13,18-20H,14-17H2,1H3,(H,30,38)(H,31,39). The number of hydrogen-bond acceptors (Lipinski definition) is 6. The van der Waals surface area contributed by atoms with Crippen LogP contribution in [0.25, 0.3) is 0 Å². The summed E-state index contributed by atoms with van der Waals surface area (Å²) in [5.74, 6) is -0.922. The van der Waals surface area contributed by atoms with Crippen LogP contribution in [0.1, 0.15) is 38.8 Å². The Kier molecular flexibility index (Phi) is 10.2. The van der Waals surface area contributed by atoms with Crippen LogP contribution in [0, 0.1) is 0 Å². The van der Waals surface area contributed by atoms with Gasteiger partial charge in [-0.15, -0.1) is 0 Å². The molecule has 0 atom stereocenters. The van der Waals surface area contributed by atoms with Crippen molar-refractivity contribution in [1.82, 2.24) is 10.2 Å². The highest BCUT2D eigenvalue weighted by molar-refractivity contribution is 6.05. The number of nitrogens with one attached hydrogen (secondary N) is 2. The van der Waals surface area contributed by atoms with E-state index in [9.17, 15) is 28.8 Å². The van der Waals surface area contributed by atoms with Gasteiger partial charge in [-0.1, -0.05) is 24.3 Å². The molecule has 6 amide bonds. The summed E-state index contributed by atoms with van der Waals surface area (Å²) in [6, 6.07) is 20.2. The SMILES string of the molecule is CC(=O)N(C=O)CCc1ccc(NC(=O)c2ccc(C(=O)NCCc3ccc(N(C=O)C=O)cc3)cc2)cc1. The number of anilines is 2. The van der Waals surface area contributed by atoms with Crippen LogP contribution < -0.4 is 15.5 Å². The van der Waals surface area contributed by atoms with Crippen molar-refractivity contribution in [3.05, 3.63) is 95.1 Å². The second kappa shape index (κ2) is 14.0. The number of imide groups is 2. The lowest BCUT2D eigenvalue weighted by atomic mass is 10.1. The highest BCUT2D eigenvalue weighted by Gasteiger charge is 2.11. The fraction of sp³-hybridized carbons (Fsp3) is 0.172. The van der Waals surface area contributed by atoms with Gasteiger partial charge in [0.2, 0.25) is 25.1 Å². The molecule has 0 aliphatic carbocycles. The molecule has 0 fully saturated rings. The summed E-state index contributed by atoms with van der Waals surface area (Å²) in [5, 5.41) is 5.62. The van der Waals surface area contributed by atoms with E-state index in [1.54, 1.807) is 60.7 Å².